The molecule has 0 atom stereocenters. The summed E-state index contributed by atoms with van der Waals surface area (Å²) in [5.41, 5.74) is 4.44. The highest BCUT2D eigenvalue weighted by atomic mass is 16.5. The molecule has 0 bridgehead atoms. The van der Waals surface area contributed by atoms with Gasteiger partial charge in [-0.05, 0) is 61.4 Å². The number of methoxy groups -OCH3 is 2. The highest BCUT2D eigenvalue weighted by Crippen LogP contribution is 2.37. The van der Waals surface area contributed by atoms with Crippen LogP contribution in [-0.2, 0) is 9.59 Å². The summed E-state index contributed by atoms with van der Waals surface area (Å²) in [6.07, 6.45) is 0. The van der Waals surface area contributed by atoms with Crippen molar-refractivity contribution in [3.05, 3.63) is 88.6 Å². The number of anilines is 2. The van der Waals surface area contributed by atoms with Gasteiger partial charge in [-0.1, -0.05) is 23.8 Å². The number of nitriles is 1. The number of rotatable bonds is 6. The fourth-order valence-electron chi connectivity index (χ4n) is 3.97. The highest BCUT2D eigenvalue weighted by molar-refractivity contribution is 6.46. The zero-order chi connectivity index (χ0) is 24.4. The van der Waals surface area contributed by atoms with Gasteiger partial charge in [0.2, 0.25) is 0 Å². The van der Waals surface area contributed by atoms with Crippen LogP contribution in [0.1, 0.15) is 22.3 Å². The molecule has 0 unspecified atom stereocenters. The van der Waals surface area contributed by atoms with Gasteiger partial charge in [0.1, 0.15) is 5.70 Å². The maximum Gasteiger partial charge on any atom is 0.282 e. The Hall–Kier alpha value is -4.57. The van der Waals surface area contributed by atoms with Crippen LogP contribution in [0, 0.1) is 25.2 Å². The Balaban J connectivity index is 1.84. The van der Waals surface area contributed by atoms with Crippen LogP contribution in [0.4, 0.5) is 11.4 Å². The predicted octanol–water partition coefficient (Wildman–Crippen LogP) is 4.59. The zero-order valence-corrected chi connectivity index (χ0v) is 19.3. The van der Waals surface area contributed by atoms with Crippen molar-refractivity contribution in [1.29, 1.82) is 5.26 Å². The van der Waals surface area contributed by atoms with E-state index in [1.807, 2.05) is 38.1 Å². The molecule has 3 aromatic rings. The smallest absolute Gasteiger partial charge is 0.282 e. The standard InChI is InChI=1S/C27H23N3O4/c1-16-5-11-21(17(2)13-16)24-25(29-19-8-12-22(33-3)23(14-19)34-4)27(32)30(26(24)31)20-9-6-18(15-28)7-10-20/h5-14,29H,1-4H3. The molecule has 34 heavy (non-hydrogen) atoms. The van der Waals surface area contributed by atoms with Gasteiger partial charge in [-0.15, -0.1) is 0 Å². The minimum atomic E-state index is -0.487. The lowest BCUT2D eigenvalue weighted by atomic mass is 9.97. The third-order valence-electron chi connectivity index (χ3n) is 5.64. The summed E-state index contributed by atoms with van der Waals surface area (Å²) < 4.78 is 10.7. The molecule has 0 aromatic heterocycles. The lowest BCUT2D eigenvalue weighted by molar-refractivity contribution is -0.120. The number of ether oxygens (including phenoxy) is 2. The van der Waals surface area contributed by atoms with Crippen LogP contribution in [0.15, 0.2) is 66.4 Å². The van der Waals surface area contributed by atoms with Crippen molar-refractivity contribution < 1.29 is 19.1 Å². The van der Waals surface area contributed by atoms with E-state index in [0.717, 1.165) is 16.0 Å². The maximum atomic E-state index is 13.6. The Morgan fingerprint density at radius 1 is 0.853 bits per heavy atom. The Kier molecular flexibility index (Phi) is 6.07. The SMILES string of the molecule is COc1ccc(NC2=C(c3ccc(C)cc3C)C(=O)N(c3ccc(C#N)cc3)C2=O)cc1OC. The number of nitrogens with zero attached hydrogens (tertiary/aromatic N) is 2. The maximum absolute atomic E-state index is 13.6. The summed E-state index contributed by atoms with van der Waals surface area (Å²) in [5, 5.41) is 12.2. The lowest BCUT2D eigenvalue weighted by Gasteiger charge is -2.16. The number of amides is 2. The molecule has 1 aliphatic rings. The van der Waals surface area contributed by atoms with Crippen molar-refractivity contribution in [1.82, 2.24) is 0 Å². The minimum absolute atomic E-state index is 0.161. The molecule has 0 aliphatic carbocycles. The molecule has 7 heteroatoms. The minimum Gasteiger partial charge on any atom is -0.493 e. The van der Waals surface area contributed by atoms with Crippen molar-refractivity contribution in [3.63, 3.8) is 0 Å². The van der Waals surface area contributed by atoms with Crippen molar-refractivity contribution in [2.75, 3.05) is 24.4 Å². The summed E-state index contributed by atoms with van der Waals surface area (Å²) in [4.78, 5) is 28.3. The first kappa shape index (κ1) is 22.6. The Morgan fingerprint density at radius 2 is 1.56 bits per heavy atom. The number of hydrogen-bond donors (Lipinski definition) is 1. The first-order chi connectivity index (χ1) is 16.4. The van der Waals surface area contributed by atoms with Gasteiger partial charge in [0.05, 0.1) is 37.1 Å². The molecule has 3 aromatic carbocycles. The quantitative estimate of drug-likeness (QED) is 0.549. The van der Waals surface area contributed by atoms with Crippen molar-refractivity contribution in [2.45, 2.75) is 13.8 Å². The van der Waals surface area contributed by atoms with Gasteiger partial charge < -0.3 is 14.8 Å². The molecule has 0 fully saturated rings. The van der Waals surface area contributed by atoms with E-state index in [0.29, 0.717) is 34.0 Å². The van der Waals surface area contributed by atoms with E-state index in [9.17, 15) is 9.59 Å². The first-order valence-corrected chi connectivity index (χ1v) is 10.6. The number of nitrogens with one attached hydrogen (secondary N) is 1. The third kappa shape index (κ3) is 3.97. The number of aryl methyl sites for hydroxylation is 2. The second-order valence-electron chi connectivity index (χ2n) is 7.87. The van der Waals surface area contributed by atoms with Gasteiger partial charge in [-0.2, -0.15) is 5.26 Å². The molecule has 1 aliphatic heterocycles. The van der Waals surface area contributed by atoms with E-state index in [1.165, 1.54) is 7.11 Å². The summed E-state index contributed by atoms with van der Waals surface area (Å²) >= 11 is 0. The van der Waals surface area contributed by atoms with Crippen molar-refractivity contribution >= 4 is 28.8 Å². The first-order valence-electron chi connectivity index (χ1n) is 10.6. The van der Waals surface area contributed by atoms with Crippen molar-refractivity contribution in [3.8, 4) is 17.6 Å². The lowest BCUT2D eigenvalue weighted by Crippen LogP contribution is -2.32. The normalized spacial score (nSPS) is 13.2. The number of carbonyl (C=O) groups excluding carboxylic acids is 2. The van der Waals surface area contributed by atoms with E-state index in [-0.39, 0.29) is 11.3 Å². The van der Waals surface area contributed by atoms with Crippen LogP contribution in [0.5, 0.6) is 11.5 Å². The van der Waals surface area contributed by atoms with Crippen LogP contribution in [-0.4, -0.2) is 26.0 Å². The van der Waals surface area contributed by atoms with Crippen molar-refractivity contribution in [2.24, 2.45) is 0 Å². The second-order valence-corrected chi connectivity index (χ2v) is 7.87. The van der Waals surface area contributed by atoms with E-state index >= 15 is 0 Å². The second kappa shape index (κ2) is 9.12. The van der Waals surface area contributed by atoms with Crippen LogP contribution in [0.3, 0.4) is 0 Å². The van der Waals surface area contributed by atoms with E-state index < -0.39 is 11.8 Å². The topological polar surface area (TPSA) is 91.7 Å². The van der Waals surface area contributed by atoms with Crippen LogP contribution in [0.2, 0.25) is 0 Å². The van der Waals surface area contributed by atoms with Crippen LogP contribution in [0.25, 0.3) is 5.57 Å². The van der Waals surface area contributed by atoms with Gasteiger partial charge >= 0.3 is 0 Å². The molecule has 1 N–H and O–H groups in total. The predicted molar refractivity (Wildman–Crippen MR) is 130 cm³/mol. The molecular weight excluding hydrogens is 430 g/mol. The average molecular weight is 453 g/mol. The fourth-order valence-corrected chi connectivity index (χ4v) is 3.97. The largest absolute Gasteiger partial charge is 0.493 e. The molecular formula is C27H23N3O4. The Bertz CT molecular complexity index is 1370. The molecule has 0 saturated heterocycles. The molecule has 2 amide bonds. The van der Waals surface area contributed by atoms with E-state index in [2.05, 4.69) is 5.32 Å². The third-order valence-corrected chi connectivity index (χ3v) is 5.64. The van der Waals surface area contributed by atoms with Gasteiger partial charge in [0, 0.05) is 11.8 Å². The average Bonchev–Trinajstić information content (AvgIpc) is 3.08. The fraction of sp³-hybridized carbons (Fsp3) is 0.148. The van der Waals surface area contributed by atoms with Gasteiger partial charge in [0.25, 0.3) is 11.8 Å². The van der Waals surface area contributed by atoms with Crippen LogP contribution < -0.4 is 19.7 Å². The highest BCUT2D eigenvalue weighted by Gasteiger charge is 2.40. The summed E-state index contributed by atoms with van der Waals surface area (Å²) in [5.74, 6) is 0.107. The molecule has 0 spiro atoms. The van der Waals surface area contributed by atoms with E-state index in [4.69, 9.17) is 14.7 Å². The number of hydrogen-bond acceptors (Lipinski definition) is 6. The number of benzene rings is 3. The van der Waals surface area contributed by atoms with Gasteiger partial charge in [-0.3, -0.25) is 9.59 Å². The van der Waals surface area contributed by atoms with Crippen LogP contribution >= 0.6 is 0 Å². The number of carbonyl (C=O) groups is 2. The zero-order valence-electron chi connectivity index (χ0n) is 19.3. The molecule has 7 nitrogen and oxygen atoms in total. The Morgan fingerprint density at radius 3 is 2.18 bits per heavy atom. The van der Waals surface area contributed by atoms with Gasteiger partial charge in [-0.25, -0.2) is 4.90 Å². The Labute approximate surface area is 197 Å². The molecule has 4 rings (SSSR count). The van der Waals surface area contributed by atoms with E-state index in [1.54, 1.807) is 49.6 Å². The molecule has 0 radical (unpaired) electrons. The molecule has 0 saturated carbocycles. The molecule has 1 heterocycles. The van der Waals surface area contributed by atoms with Gasteiger partial charge in [0.15, 0.2) is 11.5 Å². The monoisotopic (exact) mass is 453 g/mol. The summed E-state index contributed by atoms with van der Waals surface area (Å²) in [6.45, 7) is 3.88. The summed E-state index contributed by atoms with van der Waals surface area (Å²) in [7, 11) is 3.07. The molecule has 170 valence electrons. The summed E-state index contributed by atoms with van der Waals surface area (Å²) in [6, 6.07) is 19.3. The number of imide groups is 1.